The van der Waals surface area contributed by atoms with Crippen LogP contribution in [0.25, 0.3) is 0 Å². The second-order valence-corrected chi connectivity index (χ2v) is 4.72. The van der Waals surface area contributed by atoms with E-state index in [1.807, 2.05) is 0 Å². The van der Waals surface area contributed by atoms with Gasteiger partial charge in [0, 0.05) is 19.3 Å². The first kappa shape index (κ1) is 7.97. The highest BCUT2D eigenvalue weighted by Crippen LogP contribution is 2.04. The number of hydrogen-bond donors (Lipinski definition) is 1. The molecule has 1 aliphatic heterocycles. The van der Waals surface area contributed by atoms with E-state index in [9.17, 15) is 8.42 Å². The molecule has 5 heteroatoms. The first-order valence-corrected chi connectivity index (χ1v) is 5.10. The fourth-order valence-electron chi connectivity index (χ4n) is 1.12. The van der Waals surface area contributed by atoms with Gasteiger partial charge in [-0.1, -0.05) is 0 Å². The Labute approximate surface area is 61.1 Å². The average molecular weight is 164 g/mol. The van der Waals surface area contributed by atoms with E-state index in [1.165, 1.54) is 6.26 Å². The highest BCUT2D eigenvalue weighted by Gasteiger charge is 2.28. The number of likely N-dealkylation sites (N-methyl/N-ethyl adjacent to an activating group) is 1. The van der Waals surface area contributed by atoms with Crippen LogP contribution >= 0.6 is 0 Å². The van der Waals surface area contributed by atoms with E-state index >= 15 is 0 Å². The van der Waals surface area contributed by atoms with Crippen molar-refractivity contribution in [3.63, 3.8) is 0 Å². The van der Waals surface area contributed by atoms with Crippen LogP contribution in [0, 0.1) is 0 Å². The molecule has 1 fully saturated rings. The predicted octanol–water partition coefficient (Wildman–Crippen LogP) is -1.15. The Hall–Kier alpha value is -0.130. The number of rotatable bonds is 1. The molecule has 10 heavy (non-hydrogen) atoms. The largest absolute Gasteiger partial charge is 0.288 e. The Morgan fingerprint density at radius 1 is 1.60 bits per heavy atom. The maximum atomic E-state index is 10.9. The molecule has 0 aromatic carbocycles. The Morgan fingerprint density at radius 2 is 2.20 bits per heavy atom. The maximum absolute atomic E-state index is 10.9. The van der Waals surface area contributed by atoms with Crippen molar-refractivity contribution in [2.24, 2.45) is 0 Å². The molecule has 1 atom stereocenters. The van der Waals surface area contributed by atoms with Gasteiger partial charge in [-0.15, -0.1) is 0 Å². The minimum Gasteiger partial charge on any atom is -0.288 e. The van der Waals surface area contributed by atoms with Crippen LogP contribution in [0.5, 0.6) is 0 Å². The highest BCUT2D eigenvalue weighted by molar-refractivity contribution is 7.91. The summed E-state index contributed by atoms with van der Waals surface area (Å²) in [5.74, 6) is 0. The van der Waals surface area contributed by atoms with Crippen molar-refractivity contribution < 1.29 is 8.42 Å². The summed E-state index contributed by atoms with van der Waals surface area (Å²) in [5.41, 5.74) is -0.465. The van der Waals surface area contributed by atoms with Gasteiger partial charge in [0.15, 0.2) is 15.3 Å². The third-order valence-electron chi connectivity index (χ3n) is 1.59. The molecule has 0 aromatic heterocycles. The van der Waals surface area contributed by atoms with E-state index in [4.69, 9.17) is 0 Å². The van der Waals surface area contributed by atoms with Crippen molar-refractivity contribution in [1.29, 1.82) is 0 Å². The Bertz CT molecular complexity index is 212. The van der Waals surface area contributed by atoms with Crippen LogP contribution in [0.3, 0.4) is 0 Å². The lowest BCUT2D eigenvalue weighted by Gasteiger charge is -2.16. The molecule has 1 heterocycles. The minimum atomic E-state index is -2.94. The molecule has 0 saturated carbocycles. The van der Waals surface area contributed by atoms with Crippen LogP contribution in [0.2, 0.25) is 0 Å². The van der Waals surface area contributed by atoms with Crippen molar-refractivity contribution in [3.8, 4) is 0 Å². The monoisotopic (exact) mass is 164 g/mol. The van der Waals surface area contributed by atoms with Gasteiger partial charge in [0.25, 0.3) is 0 Å². The van der Waals surface area contributed by atoms with Crippen molar-refractivity contribution in [3.05, 3.63) is 0 Å². The topological polar surface area (TPSA) is 49.4 Å². The van der Waals surface area contributed by atoms with Crippen LogP contribution in [0.15, 0.2) is 0 Å². The fourth-order valence-corrected chi connectivity index (χ4v) is 2.30. The zero-order chi connectivity index (χ0) is 7.78. The van der Waals surface area contributed by atoms with Gasteiger partial charge in [0.2, 0.25) is 0 Å². The quantitative estimate of drug-likeness (QED) is 0.531. The van der Waals surface area contributed by atoms with E-state index in [1.54, 1.807) is 11.9 Å². The van der Waals surface area contributed by atoms with E-state index in [0.717, 1.165) is 13.1 Å². The summed E-state index contributed by atoms with van der Waals surface area (Å²) in [6, 6.07) is 0. The molecule has 0 radical (unpaired) electrons. The molecule has 1 saturated heterocycles. The molecule has 0 aromatic rings. The zero-order valence-electron chi connectivity index (χ0n) is 6.16. The smallest absolute Gasteiger partial charge is 0.177 e. The van der Waals surface area contributed by atoms with Gasteiger partial charge >= 0.3 is 0 Å². The van der Waals surface area contributed by atoms with Crippen molar-refractivity contribution in [1.82, 2.24) is 10.2 Å². The number of hydrogen-bond acceptors (Lipinski definition) is 4. The maximum Gasteiger partial charge on any atom is 0.177 e. The lowest BCUT2D eigenvalue weighted by Crippen LogP contribution is -2.39. The molecule has 0 bridgehead atoms. The van der Waals surface area contributed by atoms with Crippen LogP contribution in [0.4, 0.5) is 0 Å². The Kier molecular flexibility index (Phi) is 1.98. The van der Waals surface area contributed by atoms with Gasteiger partial charge in [-0.05, 0) is 7.05 Å². The highest BCUT2D eigenvalue weighted by atomic mass is 32.2. The SMILES string of the molecule is CN1CCNC1S(C)(=O)=O. The first-order valence-electron chi connectivity index (χ1n) is 3.14. The average Bonchev–Trinajstić information content (AvgIpc) is 2.11. The van der Waals surface area contributed by atoms with Crippen LogP contribution in [-0.2, 0) is 9.84 Å². The molecule has 1 unspecified atom stereocenters. The summed E-state index contributed by atoms with van der Waals surface area (Å²) >= 11 is 0. The second-order valence-electron chi connectivity index (χ2n) is 2.62. The van der Waals surface area contributed by atoms with E-state index < -0.39 is 15.3 Å². The molecular weight excluding hydrogens is 152 g/mol. The molecule has 1 rings (SSSR count). The van der Waals surface area contributed by atoms with Crippen molar-refractivity contribution in [2.75, 3.05) is 26.4 Å². The summed E-state index contributed by atoms with van der Waals surface area (Å²) in [5, 5.41) is 2.88. The lowest BCUT2D eigenvalue weighted by atomic mass is 10.7. The van der Waals surface area contributed by atoms with Gasteiger partial charge in [0.05, 0.1) is 0 Å². The molecule has 0 amide bonds. The standard InChI is InChI=1S/C5H12N2O2S/c1-7-4-3-6-5(7)10(2,8)9/h5-6H,3-4H2,1-2H3. The summed E-state index contributed by atoms with van der Waals surface area (Å²) in [7, 11) is -1.14. The Balaban J connectivity index is 2.74. The minimum absolute atomic E-state index is 0.465. The van der Waals surface area contributed by atoms with Gasteiger partial charge < -0.3 is 0 Å². The summed E-state index contributed by atoms with van der Waals surface area (Å²) in [4.78, 5) is 1.79. The second kappa shape index (κ2) is 2.48. The third-order valence-corrected chi connectivity index (χ3v) is 2.93. The lowest BCUT2D eigenvalue weighted by molar-refractivity contribution is 0.364. The molecule has 1 N–H and O–H groups in total. The summed E-state index contributed by atoms with van der Waals surface area (Å²) < 4.78 is 21.9. The molecule has 4 nitrogen and oxygen atoms in total. The van der Waals surface area contributed by atoms with Gasteiger partial charge in [-0.25, -0.2) is 8.42 Å². The summed E-state index contributed by atoms with van der Waals surface area (Å²) in [6.45, 7) is 1.56. The third kappa shape index (κ3) is 1.47. The number of nitrogens with one attached hydrogen (secondary N) is 1. The number of nitrogens with zero attached hydrogens (tertiary/aromatic N) is 1. The first-order chi connectivity index (χ1) is 4.52. The van der Waals surface area contributed by atoms with Crippen molar-refractivity contribution in [2.45, 2.75) is 5.50 Å². The molecular formula is C5H12N2O2S. The van der Waals surface area contributed by atoms with Crippen molar-refractivity contribution >= 4 is 9.84 Å². The molecule has 0 spiro atoms. The predicted molar refractivity (Wildman–Crippen MR) is 39.3 cm³/mol. The van der Waals surface area contributed by atoms with Crippen LogP contribution in [-0.4, -0.2) is 45.2 Å². The van der Waals surface area contributed by atoms with Crippen LogP contribution < -0.4 is 5.32 Å². The fraction of sp³-hybridized carbons (Fsp3) is 1.00. The number of sulfone groups is 1. The zero-order valence-corrected chi connectivity index (χ0v) is 6.98. The summed E-state index contributed by atoms with van der Waals surface area (Å²) in [6.07, 6.45) is 1.24. The van der Waals surface area contributed by atoms with Crippen LogP contribution in [0.1, 0.15) is 0 Å². The molecule has 0 aliphatic carbocycles. The molecule has 1 aliphatic rings. The van der Waals surface area contributed by atoms with Gasteiger partial charge in [-0.3, -0.25) is 10.2 Å². The van der Waals surface area contributed by atoms with E-state index in [-0.39, 0.29) is 0 Å². The Morgan fingerprint density at radius 3 is 2.40 bits per heavy atom. The van der Waals surface area contributed by atoms with Gasteiger partial charge in [0.1, 0.15) is 0 Å². The molecule has 60 valence electrons. The van der Waals surface area contributed by atoms with Gasteiger partial charge in [-0.2, -0.15) is 0 Å². The normalized spacial score (nSPS) is 29.2. The van der Waals surface area contributed by atoms with E-state index in [0.29, 0.717) is 0 Å². The van der Waals surface area contributed by atoms with E-state index in [2.05, 4.69) is 5.32 Å².